The van der Waals surface area contributed by atoms with E-state index < -0.39 is 17.7 Å². The Hall–Kier alpha value is -2.36. The monoisotopic (exact) mass is 446 g/mol. The van der Waals surface area contributed by atoms with Crippen molar-refractivity contribution in [3.8, 4) is 0 Å². The number of nitrogens with one attached hydrogen (secondary N) is 3. The second kappa shape index (κ2) is 13.0. The Labute approximate surface area is 179 Å². The summed E-state index contributed by atoms with van der Waals surface area (Å²) in [6.45, 7) is 0.205. The highest BCUT2D eigenvalue weighted by molar-refractivity contribution is 6.36. The van der Waals surface area contributed by atoms with E-state index in [1.54, 1.807) is 7.11 Å². The maximum Gasteiger partial charge on any atom is 0.253 e. The molecule has 0 saturated heterocycles. The number of ether oxygens (including phenoxy) is 1. The fraction of sp³-hybridized carbons (Fsp3) is 0.444. The molecule has 0 spiro atoms. The predicted octanol–water partition coefficient (Wildman–Crippen LogP) is 0.451. The minimum atomic E-state index is -0.561. The molecule has 0 aliphatic heterocycles. The summed E-state index contributed by atoms with van der Waals surface area (Å²) >= 11 is 11.7. The number of benzene rings is 1. The van der Waals surface area contributed by atoms with Crippen LogP contribution in [-0.4, -0.2) is 75.5 Å². The van der Waals surface area contributed by atoms with E-state index in [0.717, 1.165) is 0 Å². The molecule has 0 fully saturated rings. The fourth-order valence-electron chi connectivity index (χ4n) is 2.10. The quantitative estimate of drug-likeness (QED) is 0.426. The number of hydrogen-bond donors (Lipinski definition) is 3. The van der Waals surface area contributed by atoms with Crippen LogP contribution in [0, 0.1) is 0 Å². The first kappa shape index (κ1) is 24.7. The van der Waals surface area contributed by atoms with Gasteiger partial charge < -0.3 is 25.6 Å². The van der Waals surface area contributed by atoms with Crippen molar-refractivity contribution in [2.75, 3.05) is 46.9 Å². The highest BCUT2D eigenvalue weighted by atomic mass is 35.5. The summed E-state index contributed by atoms with van der Waals surface area (Å²) in [5, 5.41) is 7.98. The third-order valence-corrected chi connectivity index (χ3v) is 4.22. The topological polar surface area (TPSA) is 117 Å². The van der Waals surface area contributed by atoms with E-state index in [1.165, 1.54) is 30.1 Å². The van der Waals surface area contributed by atoms with E-state index in [2.05, 4.69) is 16.0 Å². The van der Waals surface area contributed by atoms with E-state index >= 15 is 0 Å². The molecular weight excluding hydrogens is 423 g/mol. The van der Waals surface area contributed by atoms with Crippen molar-refractivity contribution in [2.24, 2.45) is 0 Å². The Morgan fingerprint density at radius 1 is 1.03 bits per heavy atom. The molecule has 0 heterocycles. The fourth-order valence-corrected chi connectivity index (χ4v) is 2.60. The van der Waals surface area contributed by atoms with Crippen LogP contribution in [0.4, 0.5) is 0 Å². The van der Waals surface area contributed by atoms with E-state index in [0.29, 0.717) is 24.6 Å². The van der Waals surface area contributed by atoms with Gasteiger partial charge in [0.1, 0.15) is 0 Å². The molecule has 0 atom stereocenters. The standard InChI is InChI=1S/C18H24Cl2N4O5/c1-24(11-16(26)21-6-3-7-29-2)17(27)10-22-15(25)9-23-18(28)13-5-4-12(19)8-14(13)20/h4-5,8H,3,6-7,9-11H2,1-2H3,(H,21,26)(H,22,25)(H,23,28). The molecule has 1 rings (SSSR count). The molecule has 0 aliphatic carbocycles. The van der Waals surface area contributed by atoms with Gasteiger partial charge in [0.2, 0.25) is 17.7 Å². The van der Waals surface area contributed by atoms with Gasteiger partial charge in [-0.1, -0.05) is 23.2 Å². The van der Waals surface area contributed by atoms with Gasteiger partial charge in [-0.2, -0.15) is 0 Å². The molecule has 1 aromatic carbocycles. The lowest BCUT2D eigenvalue weighted by atomic mass is 10.2. The molecule has 1 aromatic rings. The lowest BCUT2D eigenvalue weighted by Gasteiger charge is -2.17. The van der Waals surface area contributed by atoms with Crippen LogP contribution in [0.3, 0.4) is 0 Å². The Kier molecular flexibility index (Phi) is 11.0. The molecule has 0 aromatic heterocycles. The average Bonchev–Trinajstić information content (AvgIpc) is 2.67. The number of methoxy groups -OCH3 is 1. The van der Waals surface area contributed by atoms with Crippen LogP contribution < -0.4 is 16.0 Å². The molecule has 0 unspecified atom stereocenters. The van der Waals surface area contributed by atoms with Crippen LogP contribution in [0.25, 0.3) is 0 Å². The largest absolute Gasteiger partial charge is 0.385 e. The Bertz CT molecular complexity index is 745. The highest BCUT2D eigenvalue weighted by Crippen LogP contribution is 2.20. The number of halogens is 2. The van der Waals surface area contributed by atoms with Crippen LogP contribution >= 0.6 is 23.2 Å². The van der Waals surface area contributed by atoms with Crippen molar-refractivity contribution in [3.63, 3.8) is 0 Å². The lowest BCUT2D eigenvalue weighted by Crippen LogP contribution is -2.45. The molecule has 160 valence electrons. The van der Waals surface area contributed by atoms with Gasteiger partial charge in [0, 0.05) is 32.3 Å². The maximum absolute atomic E-state index is 12.0. The molecule has 11 heteroatoms. The Balaban J connectivity index is 2.31. The van der Waals surface area contributed by atoms with Crippen LogP contribution in [0.15, 0.2) is 18.2 Å². The van der Waals surface area contributed by atoms with Gasteiger partial charge in [-0.25, -0.2) is 0 Å². The number of nitrogens with zero attached hydrogens (tertiary/aromatic N) is 1. The third-order valence-electron chi connectivity index (χ3n) is 3.68. The zero-order valence-electron chi connectivity index (χ0n) is 16.2. The molecule has 0 saturated carbocycles. The number of likely N-dealkylation sites (N-methyl/N-ethyl adjacent to an activating group) is 1. The normalized spacial score (nSPS) is 10.2. The van der Waals surface area contributed by atoms with Crippen molar-refractivity contribution < 1.29 is 23.9 Å². The van der Waals surface area contributed by atoms with Crippen molar-refractivity contribution in [3.05, 3.63) is 33.8 Å². The van der Waals surface area contributed by atoms with E-state index in [1.807, 2.05) is 0 Å². The molecule has 4 amide bonds. The van der Waals surface area contributed by atoms with E-state index in [-0.39, 0.29) is 36.1 Å². The number of amides is 4. The summed E-state index contributed by atoms with van der Waals surface area (Å²) in [6, 6.07) is 4.36. The van der Waals surface area contributed by atoms with Gasteiger partial charge in [0.25, 0.3) is 5.91 Å². The first-order valence-corrected chi connectivity index (χ1v) is 9.49. The van der Waals surface area contributed by atoms with Gasteiger partial charge in [-0.3, -0.25) is 19.2 Å². The highest BCUT2D eigenvalue weighted by Gasteiger charge is 2.15. The molecule has 0 radical (unpaired) electrons. The van der Waals surface area contributed by atoms with E-state index in [4.69, 9.17) is 27.9 Å². The first-order chi connectivity index (χ1) is 13.7. The second-order valence-electron chi connectivity index (χ2n) is 6.03. The number of hydrogen-bond acceptors (Lipinski definition) is 5. The Morgan fingerprint density at radius 2 is 1.76 bits per heavy atom. The summed E-state index contributed by atoms with van der Waals surface area (Å²) in [5.74, 6) is -1.86. The van der Waals surface area contributed by atoms with Crippen LogP contribution in [0.1, 0.15) is 16.8 Å². The predicted molar refractivity (Wildman–Crippen MR) is 109 cm³/mol. The van der Waals surface area contributed by atoms with E-state index in [9.17, 15) is 19.2 Å². The van der Waals surface area contributed by atoms with Crippen molar-refractivity contribution >= 4 is 46.8 Å². The zero-order chi connectivity index (χ0) is 21.8. The van der Waals surface area contributed by atoms with Crippen LogP contribution in [0.5, 0.6) is 0 Å². The number of rotatable bonds is 11. The third kappa shape index (κ3) is 9.60. The smallest absolute Gasteiger partial charge is 0.253 e. The van der Waals surface area contributed by atoms with Gasteiger partial charge in [0.15, 0.2) is 0 Å². The average molecular weight is 447 g/mol. The number of carbonyl (C=O) groups is 4. The summed E-state index contributed by atoms with van der Waals surface area (Å²) < 4.78 is 4.87. The van der Waals surface area contributed by atoms with Crippen LogP contribution in [-0.2, 0) is 19.1 Å². The lowest BCUT2D eigenvalue weighted by molar-refractivity contribution is -0.135. The van der Waals surface area contributed by atoms with Gasteiger partial charge in [-0.05, 0) is 24.6 Å². The van der Waals surface area contributed by atoms with Crippen LogP contribution in [0.2, 0.25) is 10.0 Å². The molecule has 9 nitrogen and oxygen atoms in total. The molecule has 0 aliphatic rings. The summed E-state index contributed by atoms with van der Waals surface area (Å²) in [6.07, 6.45) is 0.670. The summed E-state index contributed by atoms with van der Waals surface area (Å²) in [7, 11) is 3.02. The molecule has 29 heavy (non-hydrogen) atoms. The zero-order valence-corrected chi connectivity index (χ0v) is 17.7. The first-order valence-electron chi connectivity index (χ1n) is 8.74. The van der Waals surface area contributed by atoms with Crippen molar-refractivity contribution in [2.45, 2.75) is 6.42 Å². The van der Waals surface area contributed by atoms with Gasteiger partial charge >= 0.3 is 0 Å². The van der Waals surface area contributed by atoms with Crippen molar-refractivity contribution in [1.29, 1.82) is 0 Å². The maximum atomic E-state index is 12.0. The summed E-state index contributed by atoms with van der Waals surface area (Å²) in [4.78, 5) is 48.8. The van der Waals surface area contributed by atoms with Gasteiger partial charge in [0.05, 0.1) is 30.2 Å². The molecule has 0 bridgehead atoms. The second-order valence-corrected chi connectivity index (χ2v) is 6.87. The van der Waals surface area contributed by atoms with Crippen molar-refractivity contribution in [1.82, 2.24) is 20.9 Å². The SMILES string of the molecule is COCCCNC(=O)CN(C)C(=O)CNC(=O)CNC(=O)c1ccc(Cl)cc1Cl. The molecular formula is C18H24Cl2N4O5. The number of carbonyl (C=O) groups excluding carboxylic acids is 4. The molecule has 3 N–H and O–H groups in total. The minimum absolute atomic E-state index is 0.131. The Morgan fingerprint density at radius 3 is 2.41 bits per heavy atom. The minimum Gasteiger partial charge on any atom is -0.385 e. The van der Waals surface area contributed by atoms with Gasteiger partial charge in [-0.15, -0.1) is 0 Å². The summed E-state index contributed by atoms with van der Waals surface area (Å²) in [5.41, 5.74) is 0.177.